The van der Waals surface area contributed by atoms with Gasteiger partial charge < -0.3 is 10.0 Å². The van der Waals surface area contributed by atoms with Crippen LogP contribution in [0.2, 0.25) is 0 Å². The SMILES string of the molecule is CCN(C(=O)c1cc2sccc2s1)C(C)CC(=O)O. The third-order valence-electron chi connectivity index (χ3n) is 2.95. The number of aliphatic carboxylic acids is 1. The van der Waals surface area contributed by atoms with Crippen LogP contribution in [0.4, 0.5) is 0 Å². The van der Waals surface area contributed by atoms with E-state index in [0.29, 0.717) is 11.4 Å². The molecule has 2 heterocycles. The highest BCUT2D eigenvalue weighted by Crippen LogP contribution is 2.31. The fourth-order valence-electron chi connectivity index (χ4n) is 2.03. The Morgan fingerprint density at radius 2 is 2.16 bits per heavy atom. The van der Waals surface area contributed by atoms with E-state index in [1.807, 2.05) is 24.4 Å². The Morgan fingerprint density at radius 1 is 1.42 bits per heavy atom. The van der Waals surface area contributed by atoms with Crippen molar-refractivity contribution in [2.24, 2.45) is 0 Å². The summed E-state index contributed by atoms with van der Waals surface area (Å²) in [6, 6.07) is 3.59. The number of carboxylic acid groups (broad SMARTS) is 1. The lowest BCUT2D eigenvalue weighted by atomic mass is 10.2. The van der Waals surface area contributed by atoms with Crippen molar-refractivity contribution < 1.29 is 14.7 Å². The smallest absolute Gasteiger partial charge is 0.305 e. The zero-order valence-corrected chi connectivity index (χ0v) is 12.4. The van der Waals surface area contributed by atoms with Crippen LogP contribution in [-0.4, -0.2) is 34.5 Å². The second-order valence-electron chi connectivity index (χ2n) is 4.30. The van der Waals surface area contributed by atoms with E-state index in [0.717, 1.165) is 9.40 Å². The van der Waals surface area contributed by atoms with Gasteiger partial charge in [-0.05, 0) is 31.4 Å². The van der Waals surface area contributed by atoms with E-state index in [1.165, 1.54) is 11.3 Å². The Hall–Kier alpha value is -1.40. The molecule has 19 heavy (non-hydrogen) atoms. The zero-order valence-electron chi connectivity index (χ0n) is 10.8. The number of carbonyl (C=O) groups excluding carboxylic acids is 1. The number of nitrogens with zero attached hydrogens (tertiary/aromatic N) is 1. The largest absolute Gasteiger partial charge is 0.481 e. The highest BCUT2D eigenvalue weighted by molar-refractivity contribution is 7.27. The molecule has 2 rings (SSSR count). The maximum absolute atomic E-state index is 12.4. The Morgan fingerprint density at radius 3 is 2.74 bits per heavy atom. The van der Waals surface area contributed by atoms with Gasteiger partial charge in [0.05, 0.1) is 11.3 Å². The van der Waals surface area contributed by atoms with Gasteiger partial charge in [-0.1, -0.05) is 0 Å². The van der Waals surface area contributed by atoms with Crippen LogP contribution in [0.3, 0.4) is 0 Å². The van der Waals surface area contributed by atoms with E-state index in [2.05, 4.69) is 0 Å². The number of carboxylic acids is 1. The summed E-state index contributed by atoms with van der Waals surface area (Å²) in [6.07, 6.45) is -0.0285. The van der Waals surface area contributed by atoms with E-state index in [4.69, 9.17) is 5.11 Å². The number of rotatable bonds is 5. The molecule has 0 bridgehead atoms. The van der Waals surface area contributed by atoms with Crippen LogP contribution in [0.15, 0.2) is 17.5 Å². The predicted octanol–water partition coefficient (Wildman–Crippen LogP) is 3.29. The van der Waals surface area contributed by atoms with Crippen molar-refractivity contribution in [3.05, 3.63) is 22.4 Å². The first kappa shape index (κ1) is 14.0. The summed E-state index contributed by atoms with van der Waals surface area (Å²) in [5.74, 6) is -0.962. The quantitative estimate of drug-likeness (QED) is 0.921. The van der Waals surface area contributed by atoms with Crippen LogP contribution in [0.5, 0.6) is 0 Å². The first-order valence-electron chi connectivity index (χ1n) is 6.02. The minimum atomic E-state index is -0.883. The molecule has 0 fully saturated rings. The van der Waals surface area contributed by atoms with Crippen molar-refractivity contribution >= 4 is 43.9 Å². The molecule has 1 atom stereocenters. The molecular weight excluding hydrogens is 282 g/mol. The maximum Gasteiger partial charge on any atom is 0.305 e. The lowest BCUT2D eigenvalue weighted by molar-refractivity contribution is -0.138. The Bertz CT molecular complexity index is 573. The molecule has 0 radical (unpaired) electrons. The minimum absolute atomic E-state index is 0.0285. The van der Waals surface area contributed by atoms with Gasteiger partial charge in [-0.25, -0.2) is 0 Å². The molecule has 0 saturated heterocycles. The minimum Gasteiger partial charge on any atom is -0.481 e. The fraction of sp³-hybridized carbons (Fsp3) is 0.385. The molecule has 4 nitrogen and oxygen atoms in total. The van der Waals surface area contributed by atoms with Gasteiger partial charge >= 0.3 is 5.97 Å². The molecule has 0 aliphatic rings. The first-order valence-corrected chi connectivity index (χ1v) is 7.72. The molecule has 1 unspecified atom stereocenters. The van der Waals surface area contributed by atoms with Crippen molar-refractivity contribution in [3.8, 4) is 0 Å². The van der Waals surface area contributed by atoms with Gasteiger partial charge in [0.2, 0.25) is 0 Å². The summed E-state index contributed by atoms with van der Waals surface area (Å²) in [4.78, 5) is 25.5. The summed E-state index contributed by atoms with van der Waals surface area (Å²) in [6.45, 7) is 4.15. The van der Waals surface area contributed by atoms with E-state index < -0.39 is 5.97 Å². The number of amides is 1. The van der Waals surface area contributed by atoms with Crippen LogP contribution in [-0.2, 0) is 4.79 Å². The number of thiophene rings is 2. The van der Waals surface area contributed by atoms with Crippen molar-refractivity contribution in [1.82, 2.24) is 4.90 Å². The Balaban J connectivity index is 2.20. The molecular formula is C13H15NO3S2. The fourth-order valence-corrected chi connectivity index (χ4v) is 4.10. The average molecular weight is 297 g/mol. The highest BCUT2D eigenvalue weighted by Gasteiger charge is 2.23. The molecule has 1 amide bonds. The van der Waals surface area contributed by atoms with E-state index in [-0.39, 0.29) is 18.4 Å². The van der Waals surface area contributed by atoms with E-state index >= 15 is 0 Å². The summed E-state index contributed by atoms with van der Waals surface area (Å²) in [5.41, 5.74) is 0. The van der Waals surface area contributed by atoms with Gasteiger partial charge in [-0.15, -0.1) is 22.7 Å². The lowest BCUT2D eigenvalue weighted by Gasteiger charge is -2.26. The topological polar surface area (TPSA) is 57.6 Å². The maximum atomic E-state index is 12.4. The molecule has 0 aromatic carbocycles. The number of fused-ring (bicyclic) bond motifs is 1. The molecule has 2 aromatic rings. The molecule has 6 heteroatoms. The molecule has 0 aliphatic carbocycles. The first-order chi connectivity index (χ1) is 9.02. The van der Waals surface area contributed by atoms with E-state index in [1.54, 1.807) is 23.2 Å². The lowest BCUT2D eigenvalue weighted by Crippen LogP contribution is -2.39. The monoisotopic (exact) mass is 297 g/mol. The summed E-state index contributed by atoms with van der Waals surface area (Å²) >= 11 is 3.07. The van der Waals surface area contributed by atoms with Gasteiger partial charge in [0, 0.05) is 22.0 Å². The number of carbonyl (C=O) groups is 2. The number of hydrogen-bond donors (Lipinski definition) is 1. The van der Waals surface area contributed by atoms with Gasteiger partial charge in [0.25, 0.3) is 5.91 Å². The highest BCUT2D eigenvalue weighted by atomic mass is 32.1. The molecule has 0 aliphatic heterocycles. The van der Waals surface area contributed by atoms with Gasteiger partial charge in [0.1, 0.15) is 0 Å². The second kappa shape index (κ2) is 5.71. The van der Waals surface area contributed by atoms with Crippen molar-refractivity contribution in [3.63, 3.8) is 0 Å². The van der Waals surface area contributed by atoms with Crippen LogP contribution in [0.1, 0.15) is 29.9 Å². The molecule has 2 aromatic heterocycles. The standard InChI is InChI=1S/C13H15NO3S2/c1-3-14(8(2)6-12(15)16)13(17)11-7-10-9(19-11)4-5-18-10/h4-5,7-8H,3,6H2,1-2H3,(H,15,16). The molecule has 102 valence electrons. The van der Waals surface area contributed by atoms with Crippen molar-refractivity contribution in [2.45, 2.75) is 26.3 Å². The molecule has 0 saturated carbocycles. The van der Waals surface area contributed by atoms with Crippen molar-refractivity contribution in [1.29, 1.82) is 0 Å². The summed E-state index contributed by atoms with van der Waals surface area (Å²) in [7, 11) is 0. The summed E-state index contributed by atoms with van der Waals surface area (Å²) < 4.78 is 2.21. The van der Waals surface area contributed by atoms with Crippen LogP contribution in [0.25, 0.3) is 9.40 Å². The molecule has 1 N–H and O–H groups in total. The zero-order chi connectivity index (χ0) is 14.0. The third-order valence-corrected chi connectivity index (χ3v) is 5.04. The second-order valence-corrected chi connectivity index (χ2v) is 6.33. The summed E-state index contributed by atoms with van der Waals surface area (Å²) in [5, 5.41) is 10.8. The Labute approximate surface area is 119 Å². The van der Waals surface area contributed by atoms with Gasteiger partial charge in [0.15, 0.2) is 0 Å². The van der Waals surface area contributed by atoms with Crippen LogP contribution >= 0.6 is 22.7 Å². The van der Waals surface area contributed by atoms with Crippen LogP contribution in [0, 0.1) is 0 Å². The Kier molecular flexibility index (Phi) is 4.21. The van der Waals surface area contributed by atoms with E-state index in [9.17, 15) is 9.59 Å². The van der Waals surface area contributed by atoms with Gasteiger partial charge in [-0.2, -0.15) is 0 Å². The van der Waals surface area contributed by atoms with Crippen molar-refractivity contribution in [2.75, 3.05) is 6.54 Å². The molecule has 0 spiro atoms. The normalized spacial score (nSPS) is 12.5. The van der Waals surface area contributed by atoms with Gasteiger partial charge in [-0.3, -0.25) is 9.59 Å². The third kappa shape index (κ3) is 2.96. The predicted molar refractivity (Wildman–Crippen MR) is 78.1 cm³/mol. The number of hydrogen-bond acceptors (Lipinski definition) is 4. The average Bonchev–Trinajstić information content (AvgIpc) is 2.88. The van der Waals surface area contributed by atoms with Crippen LogP contribution < -0.4 is 0 Å².